The van der Waals surface area contributed by atoms with Gasteiger partial charge in [0.05, 0.1) is 0 Å². The Morgan fingerprint density at radius 1 is 0.577 bits per heavy atom. The second kappa shape index (κ2) is 5.89. The molecule has 0 amide bonds. The van der Waals surface area contributed by atoms with Crippen LogP contribution in [0, 0.1) is 6.92 Å². The van der Waals surface area contributed by atoms with Crippen molar-refractivity contribution in [2.45, 2.75) is 6.92 Å². The SMILES string of the molecule is Cc1ccc(-c2cccc3c2oc2ccccc23)cc1-c1ccccc1. The van der Waals surface area contributed by atoms with Crippen molar-refractivity contribution in [3.05, 3.63) is 96.6 Å². The summed E-state index contributed by atoms with van der Waals surface area (Å²) < 4.78 is 6.21. The molecule has 0 aliphatic heterocycles. The Morgan fingerprint density at radius 2 is 1.35 bits per heavy atom. The van der Waals surface area contributed by atoms with Crippen LogP contribution in [0.1, 0.15) is 5.56 Å². The van der Waals surface area contributed by atoms with Gasteiger partial charge in [-0.15, -0.1) is 0 Å². The summed E-state index contributed by atoms with van der Waals surface area (Å²) >= 11 is 0. The van der Waals surface area contributed by atoms with Gasteiger partial charge >= 0.3 is 0 Å². The fourth-order valence-electron chi connectivity index (χ4n) is 3.69. The molecule has 0 N–H and O–H groups in total. The number of benzene rings is 4. The van der Waals surface area contributed by atoms with Crippen LogP contribution in [-0.2, 0) is 0 Å². The van der Waals surface area contributed by atoms with Gasteiger partial charge in [-0.1, -0.05) is 78.9 Å². The van der Waals surface area contributed by atoms with Gasteiger partial charge in [0.15, 0.2) is 0 Å². The van der Waals surface area contributed by atoms with Crippen molar-refractivity contribution in [2.24, 2.45) is 0 Å². The summed E-state index contributed by atoms with van der Waals surface area (Å²) in [7, 11) is 0. The summed E-state index contributed by atoms with van der Waals surface area (Å²) in [5, 5.41) is 2.33. The third-order valence-electron chi connectivity index (χ3n) is 5.04. The van der Waals surface area contributed by atoms with E-state index in [1.807, 2.05) is 12.1 Å². The van der Waals surface area contributed by atoms with Gasteiger partial charge in [0, 0.05) is 16.3 Å². The molecular weight excluding hydrogens is 316 g/mol. The third kappa shape index (κ3) is 2.33. The number of rotatable bonds is 2. The topological polar surface area (TPSA) is 13.1 Å². The van der Waals surface area contributed by atoms with Crippen LogP contribution in [0.3, 0.4) is 0 Å². The van der Waals surface area contributed by atoms with E-state index in [0.717, 1.165) is 16.7 Å². The van der Waals surface area contributed by atoms with E-state index >= 15 is 0 Å². The second-order valence-electron chi connectivity index (χ2n) is 6.68. The van der Waals surface area contributed by atoms with Crippen molar-refractivity contribution in [1.29, 1.82) is 0 Å². The predicted molar refractivity (Wildman–Crippen MR) is 109 cm³/mol. The van der Waals surface area contributed by atoms with E-state index in [9.17, 15) is 0 Å². The van der Waals surface area contributed by atoms with Crippen molar-refractivity contribution >= 4 is 21.9 Å². The van der Waals surface area contributed by atoms with Crippen LogP contribution in [0.25, 0.3) is 44.2 Å². The Kier molecular flexibility index (Phi) is 3.39. The highest BCUT2D eigenvalue weighted by molar-refractivity contribution is 6.09. The quantitative estimate of drug-likeness (QED) is 0.332. The molecular formula is C25H18O. The van der Waals surface area contributed by atoms with Crippen molar-refractivity contribution < 1.29 is 4.42 Å². The summed E-state index contributed by atoms with van der Waals surface area (Å²) in [5.74, 6) is 0. The standard InChI is InChI=1S/C25H18O/c1-17-14-15-19(16-23(17)18-8-3-2-4-9-18)20-11-7-12-22-21-10-5-6-13-24(21)26-25(20)22/h2-16H,1H3. The first-order valence-electron chi connectivity index (χ1n) is 8.88. The molecule has 4 aromatic carbocycles. The molecule has 26 heavy (non-hydrogen) atoms. The molecule has 0 fully saturated rings. The molecule has 0 atom stereocenters. The van der Waals surface area contributed by atoms with Crippen molar-refractivity contribution in [3.63, 3.8) is 0 Å². The second-order valence-corrected chi connectivity index (χ2v) is 6.68. The van der Waals surface area contributed by atoms with E-state index in [1.165, 1.54) is 33.0 Å². The van der Waals surface area contributed by atoms with Gasteiger partial charge in [-0.3, -0.25) is 0 Å². The van der Waals surface area contributed by atoms with E-state index in [2.05, 4.69) is 85.8 Å². The maximum atomic E-state index is 6.21. The number of para-hydroxylation sites is 2. The minimum absolute atomic E-state index is 0.936. The monoisotopic (exact) mass is 334 g/mol. The normalized spacial score (nSPS) is 11.3. The van der Waals surface area contributed by atoms with E-state index < -0.39 is 0 Å². The minimum Gasteiger partial charge on any atom is -0.455 e. The first kappa shape index (κ1) is 15.0. The molecule has 5 rings (SSSR count). The molecule has 0 spiro atoms. The maximum absolute atomic E-state index is 6.21. The van der Waals surface area contributed by atoms with Crippen LogP contribution in [0.5, 0.6) is 0 Å². The fourth-order valence-corrected chi connectivity index (χ4v) is 3.69. The molecule has 0 radical (unpaired) electrons. The van der Waals surface area contributed by atoms with Crippen LogP contribution in [-0.4, -0.2) is 0 Å². The predicted octanol–water partition coefficient (Wildman–Crippen LogP) is 7.23. The van der Waals surface area contributed by atoms with Gasteiger partial charge in [-0.2, -0.15) is 0 Å². The summed E-state index contributed by atoms with van der Waals surface area (Å²) in [4.78, 5) is 0. The minimum atomic E-state index is 0.936. The van der Waals surface area contributed by atoms with Gasteiger partial charge in [0.1, 0.15) is 11.2 Å². The summed E-state index contributed by atoms with van der Waals surface area (Å²) in [5.41, 5.74) is 7.98. The highest BCUT2D eigenvalue weighted by atomic mass is 16.3. The number of furan rings is 1. The molecule has 0 saturated heterocycles. The number of fused-ring (bicyclic) bond motifs is 3. The fraction of sp³-hybridized carbons (Fsp3) is 0.0400. The summed E-state index contributed by atoms with van der Waals surface area (Å²) in [6.07, 6.45) is 0. The van der Waals surface area contributed by atoms with Crippen molar-refractivity contribution in [3.8, 4) is 22.3 Å². The molecule has 124 valence electrons. The average molecular weight is 334 g/mol. The lowest BCUT2D eigenvalue weighted by Gasteiger charge is -2.10. The molecule has 1 heterocycles. The molecule has 0 aliphatic rings. The van der Waals surface area contributed by atoms with Crippen LogP contribution in [0.4, 0.5) is 0 Å². The highest BCUT2D eigenvalue weighted by Crippen LogP contribution is 2.37. The Bertz CT molecular complexity index is 1230. The van der Waals surface area contributed by atoms with E-state index in [1.54, 1.807) is 0 Å². The smallest absolute Gasteiger partial charge is 0.143 e. The lowest BCUT2D eigenvalue weighted by atomic mass is 9.94. The molecule has 1 aromatic heterocycles. The zero-order valence-corrected chi connectivity index (χ0v) is 14.6. The lowest BCUT2D eigenvalue weighted by Crippen LogP contribution is -1.86. The largest absolute Gasteiger partial charge is 0.455 e. The van der Waals surface area contributed by atoms with Gasteiger partial charge in [-0.25, -0.2) is 0 Å². The first-order valence-corrected chi connectivity index (χ1v) is 8.88. The zero-order chi connectivity index (χ0) is 17.5. The Hall–Kier alpha value is -3.32. The number of hydrogen-bond acceptors (Lipinski definition) is 1. The summed E-state index contributed by atoms with van der Waals surface area (Å²) in [6.45, 7) is 2.16. The van der Waals surface area contributed by atoms with Gasteiger partial charge < -0.3 is 4.42 Å². The molecule has 0 unspecified atom stereocenters. The molecule has 0 aliphatic carbocycles. The van der Waals surface area contributed by atoms with E-state index in [-0.39, 0.29) is 0 Å². The molecule has 0 bridgehead atoms. The molecule has 1 heteroatoms. The molecule has 5 aromatic rings. The Labute approximate surface area is 152 Å². The first-order chi connectivity index (χ1) is 12.8. The summed E-state index contributed by atoms with van der Waals surface area (Å²) in [6, 6.07) is 31.8. The van der Waals surface area contributed by atoms with E-state index in [0.29, 0.717) is 0 Å². The van der Waals surface area contributed by atoms with Gasteiger partial charge in [-0.05, 0) is 41.3 Å². The van der Waals surface area contributed by atoms with Crippen molar-refractivity contribution in [1.82, 2.24) is 0 Å². The average Bonchev–Trinajstić information content (AvgIpc) is 3.08. The van der Waals surface area contributed by atoms with Gasteiger partial charge in [0.2, 0.25) is 0 Å². The Morgan fingerprint density at radius 3 is 2.23 bits per heavy atom. The Balaban J connectivity index is 1.76. The van der Waals surface area contributed by atoms with E-state index in [4.69, 9.17) is 4.42 Å². The van der Waals surface area contributed by atoms with Crippen molar-refractivity contribution in [2.75, 3.05) is 0 Å². The third-order valence-corrected chi connectivity index (χ3v) is 5.04. The van der Waals surface area contributed by atoms with Crippen LogP contribution < -0.4 is 0 Å². The van der Waals surface area contributed by atoms with Crippen LogP contribution in [0.15, 0.2) is 95.4 Å². The van der Waals surface area contributed by atoms with Crippen LogP contribution in [0.2, 0.25) is 0 Å². The van der Waals surface area contributed by atoms with Gasteiger partial charge in [0.25, 0.3) is 0 Å². The molecule has 0 saturated carbocycles. The van der Waals surface area contributed by atoms with Crippen LogP contribution >= 0.6 is 0 Å². The number of hydrogen-bond donors (Lipinski definition) is 0. The molecule has 1 nitrogen and oxygen atoms in total. The highest BCUT2D eigenvalue weighted by Gasteiger charge is 2.13. The lowest BCUT2D eigenvalue weighted by molar-refractivity contribution is 0.670. The number of aryl methyl sites for hydroxylation is 1. The maximum Gasteiger partial charge on any atom is 0.143 e. The zero-order valence-electron chi connectivity index (χ0n) is 14.6.